The summed E-state index contributed by atoms with van der Waals surface area (Å²) in [5, 5.41) is 3.51. The molecule has 0 saturated carbocycles. The highest BCUT2D eigenvalue weighted by atomic mass is 16.3. The lowest BCUT2D eigenvalue weighted by Crippen LogP contribution is -2.44. The molecule has 0 spiro atoms. The molecule has 0 saturated heterocycles. The van der Waals surface area contributed by atoms with E-state index in [1.807, 2.05) is 62.4 Å². The van der Waals surface area contributed by atoms with Gasteiger partial charge in [0.05, 0.1) is 23.6 Å². The zero-order valence-corrected chi connectivity index (χ0v) is 18.2. The Bertz CT molecular complexity index is 1160. The molecule has 3 atom stereocenters. The maximum atomic E-state index is 13.7. The van der Waals surface area contributed by atoms with Gasteiger partial charge in [0.25, 0.3) is 0 Å². The molecule has 2 heterocycles. The zero-order chi connectivity index (χ0) is 22.2. The van der Waals surface area contributed by atoms with E-state index in [1.165, 1.54) is 0 Å². The van der Waals surface area contributed by atoms with Crippen LogP contribution in [-0.4, -0.2) is 11.7 Å². The van der Waals surface area contributed by atoms with Crippen LogP contribution in [0.25, 0.3) is 0 Å². The van der Waals surface area contributed by atoms with Crippen LogP contribution in [0.4, 0.5) is 11.4 Å². The number of nitrogens with one attached hydrogen (secondary N) is 1. The lowest BCUT2D eigenvalue weighted by atomic mass is 9.77. The van der Waals surface area contributed by atoms with Crippen molar-refractivity contribution in [3.05, 3.63) is 96.1 Å². The van der Waals surface area contributed by atoms with E-state index in [0.717, 1.165) is 22.6 Å². The smallest absolute Gasteiger partial charge is 0.230 e. The maximum absolute atomic E-state index is 13.7. The molecular weight excluding hydrogens is 400 g/mol. The molecule has 1 aromatic heterocycles. The van der Waals surface area contributed by atoms with E-state index in [2.05, 4.69) is 23.5 Å². The van der Waals surface area contributed by atoms with Gasteiger partial charge in [-0.05, 0) is 29.8 Å². The fourth-order valence-corrected chi connectivity index (χ4v) is 4.81. The molecule has 1 aliphatic carbocycles. The number of furan rings is 1. The van der Waals surface area contributed by atoms with Crippen LogP contribution in [0.2, 0.25) is 0 Å². The summed E-state index contributed by atoms with van der Waals surface area (Å²) >= 11 is 0. The minimum absolute atomic E-state index is 0.0146. The summed E-state index contributed by atoms with van der Waals surface area (Å²) in [6.45, 7) is 3.76. The number of Topliss-reactive ketones (excluding diaryl/α,β-unsaturated/α-hetero) is 1. The molecule has 0 bridgehead atoms. The number of hydrogen-bond acceptors (Lipinski definition) is 4. The maximum Gasteiger partial charge on any atom is 0.230 e. The van der Waals surface area contributed by atoms with Gasteiger partial charge in [0, 0.05) is 24.0 Å². The highest BCUT2D eigenvalue weighted by molar-refractivity contribution is 6.01. The van der Waals surface area contributed by atoms with E-state index in [4.69, 9.17) is 4.42 Å². The molecule has 1 N–H and O–H groups in total. The number of anilines is 2. The largest absolute Gasteiger partial charge is 0.467 e. The lowest BCUT2D eigenvalue weighted by molar-refractivity contribution is -0.124. The van der Waals surface area contributed by atoms with Gasteiger partial charge < -0.3 is 9.73 Å². The van der Waals surface area contributed by atoms with Gasteiger partial charge in [-0.1, -0.05) is 62.4 Å². The van der Waals surface area contributed by atoms with Crippen LogP contribution >= 0.6 is 0 Å². The molecular formula is C27H26N2O3. The third-order valence-corrected chi connectivity index (χ3v) is 6.31. The monoisotopic (exact) mass is 426 g/mol. The van der Waals surface area contributed by atoms with Gasteiger partial charge in [0.2, 0.25) is 5.91 Å². The molecule has 5 rings (SSSR count). The van der Waals surface area contributed by atoms with Gasteiger partial charge in [-0.25, -0.2) is 0 Å². The standard InChI is InChI=1S/C27H26N2O3/c1-17(2)27(31)29-22-12-7-6-11-20(22)28-21-15-19(18-9-4-3-5-10-18)16-23(30)25(21)26(29)24-13-8-14-32-24/h3-15,17,19,25-26,28H,16H2,1-2H3/t19-,25-,26+/m1/s1. The van der Waals surface area contributed by atoms with Crippen LogP contribution in [0, 0.1) is 11.8 Å². The van der Waals surface area contributed by atoms with Gasteiger partial charge in [0.15, 0.2) is 0 Å². The average molecular weight is 427 g/mol. The second-order valence-electron chi connectivity index (χ2n) is 8.75. The van der Waals surface area contributed by atoms with Crippen molar-refractivity contribution in [2.75, 3.05) is 10.2 Å². The lowest BCUT2D eigenvalue weighted by Gasteiger charge is -2.36. The van der Waals surface area contributed by atoms with E-state index in [-0.39, 0.29) is 23.5 Å². The number of rotatable bonds is 3. The molecule has 162 valence electrons. The SMILES string of the molecule is CC(C)C(=O)N1c2ccccc2NC2=C[C@@H](c3ccccc3)CC(=O)[C@@H]2[C@@H]1c1ccco1. The van der Waals surface area contributed by atoms with Gasteiger partial charge in [-0.2, -0.15) is 0 Å². The van der Waals surface area contributed by atoms with Crippen LogP contribution < -0.4 is 10.2 Å². The summed E-state index contributed by atoms with van der Waals surface area (Å²) in [4.78, 5) is 29.0. The number of allylic oxidation sites excluding steroid dienone is 1. The van der Waals surface area contributed by atoms with Crippen LogP contribution in [0.1, 0.15) is 43.6 Å². The van der Waals surface area contributed by atoms with E-state index in [9.17, 15) is 9.59 Å². The third kappa shape index (κ3) is 3.44. The first kappa shape index (κ1) is 20.3. The van der Waals surface area contributed by atoms with Gasteiger partial charge >= 0.3 is 0 Å². The molecule has 1 aliphatic heterocycles. The molecule has 2 aromatic carbocycles. The number of hydrogen-bond donors (Lipinski definition) is 1. The minimum Gasteiger partial charge on any atom is -0.467 e. The van der Waals surface area contributed by atoms with Crippen LogP contribution in [-0.2, 0) is 9.59 Å². The second-order valence-corrected chi connectivity index (χ2v) is 8.75. The van der Waals surface area contributed by atoms with Gasteiger partial charge in [0.1, 0.15) is 17.6 Å². The van der Waals surface area contributed by atoms with E-state index in [0.29, 0.717) is 12.2 Å². The molecule has 1 amide bonds. The van der Waals surface area contributed by atoms with Crippen molar-refractivity contribution in [1.29, 1.82) is 0 Å². The summed E-state index contributed by atoms with van der Waals surface area (Å²) in [6, 6.07) is 20.9. The van der Waals surface area contributed by atoms with Gasteiger partial charge in [-0.15, -0.1) is 0 Å². The number of benzene rings is 2. The third-order valence-electron chi connectivity index (χ3n) is 6.31. The highest BCUT2D eigenvalue weighted by Crippen LogP contribution is 2.48. The Kier molecular flexibility index (Phi) is 5.17. The number of nitrogens with zero attached hydrogens (tertiary/aromatic N) is 1. The van der Waals surface area contributed by atoms with Crippen molar-refractivity contribution >= 4 is 23.1 Å². The van der Waals surface area contributed by atoms with Crippen molar-refractivity contribution in [2.45, 2.75) is 32.2 Å². The first-order chi connectivity index (χ1) is 15.5. The molecule has 0 fully saturated rings. The molecule has 2 aliphatic rings. The summed E-state index contributed by atoms with van der Waals surface area (Å²) in [7, 11) is 0. The molecule has 32 heavy (non-hydrogen) atoms. The zero-order valence-electron chi connectivity index (χ0n) is 18.2. The van der Waals surface area contributed by atoms with Crippen molar-refractivity contribution in [3.8, 4) is 0 Å². The topological polar surface area (TPSA) is 62.6 Å². The predicted molar refractivity (Wildman–Crippen MR) is 124 cm³/mol. The number of fused-ring (bicyclic) bond motifs is 2. The fraction of sp³-hybridized carbons (Fsp3) is 0.259. The molecule has 0 unspecified atom stereocenters. The van der Waals surface area contributed by atoms with Crippen molar-refractivity contribution in [1.82, 2.24) is 0 Å². The number of carbonyl (C=O) groups is 2. The van der Waals surface area contributed by atoms with Crippen molar-refractivity contribution in [3.63, 3.8) is 0 Å². The molecule has 5 heteroatoms. The normalized spacial score (nSPS) is 22.5. The highest BCUT2D eigenvalue weighted by Gasteiger charge is 2.46. The average Bonchev–Trinajstić information content (AvgIpc) is 3.28. The second kappa shape index (κ2) is 8.15. The Morgan fingerprint density at radius 2 is 1.78 bits per heavy atom. The fourth-order valence-electron chi connectivity index (χ4n) is 4.81. The van der Waals surface area contributed by atoms with E-state index in [1.54, 1.807) is 17.2 Å². The van der Waals surface area contributed by atoms with Crippen LogP contribution in [0.3, 0.4) is 0 Å². The number of carbonyl (C=O) groups excluding carboxylic acids is 2. The minimum atomic E-state index is -0.550. The Hall–Kier alpha value is -3.60. The number of para-hydroxylation sites is 2. The first-order valence-corrected chi connectivity index (χ1v) is 11.1. The van der Waals surface area contributed by atoms with Crippen LogP contribution in [0.15, 0.2) is 89.2 Å². The summed E-state index contributed by atoms with van der Waals surface area (Å²) < 4.78 is 5.81. The molecule has 0 radical (unpaired) electrons. The number of amides is 1. The van der Waals surface area contributed by atoms with E-state index < -0.39 is 12.0 Å². The quantitative estimate of drug-likeness (QED) is 0.584. The van der Waals surface area contributed by atoms with E-state index >= 15 is 0 Å². The summed E-state index contributed by atoms with van der Waals surface area (Å²) in [6.07, 6.45) is 4.13. The van der Waals surface area contributed by atoms with Gasteiger partial charge in [-0.3, -0.25) is 14.5 Å². The Morgan fingerprint density at radius 1 is 1.03 bits per heavy atom. The Morgan fingerprint density at radius 3 is 2.50 bits per heavy atom. The predicted octanol–water partition coefficient (Wildman–Crippen LogP) is 5.69. The van der Waals surface area contributed by atoms with Crippen molar-refractivity contribution < 1.29 is 14.0 Å². The Labute approximate surface area is 187 Å². The Balaban J connectivity index is 1.71. The van der Waals surface area contributed by atoms with Crippen molar-refractivity contribution in [2.24, 2.45) is 11.8 Å². The first-order valence-electron chi connectivity index (χ1n) is 11.1. The summed E-state index contributed by atoms with van der Waals surface area (Å²) in [5.74, 6) is -0.114. The van der Waals surface area contributed by atoms with Crippen LogP contribution in [0.5, 0.6) is 0 Å². The number of ketones is 1. The summed E-state index contributed by atoms with van der Waals surface area (Å²) in [5.41, 5.74) is 3.50. The molecule has 5 nitrogen and oxygen atoms in total. The molecule has 3 aromatic rings.